The van der Waals surface area contributed by atoms with Crippen LogP contribution in [0.1, 0.15) is 32.5 Å². The topological polar surface area (TPSA) is 75.4 Å². The summed E-state index contributed by atoms with van der Waals surface area (Å²) in [5, 5.41) is 8.81. The van der Waals surface area contributed by atoms with Crippen molar-refractivity contribution in [1.29, 1.82) is 0 Å². The van der Waals surface area contributed by atoms with Crippen molar-refractivity contribution in [2.24, 2.45) is 12.5 Å². The summed E-state index contributed by atoms with van der Waals surface area (Å²) < 4.78 is 1.85. The van der Waals surface area contributed by atoms with Gasteiger partial charge in [0, 0.05) is 32.9 Å². The quantitative estimate of drug-likeness (QED) is 0.842. The van der Waals surface area contributed by atoms with E-state index in [1.807, 2.05) is 17.8 Å². The molecular formula is C13H21N3O3. The van der Waals surface area contributed by atoms with E-state index in [2.05, 4.69) is 4.98 Å². The van der Waals surface area contributed by atoms with Gasteiger partial charge in [0.1, 0.15) is 5.82 Å². The number of amides is 1. The number of carboxylic acids is 1. The monoisotopic (exact) mass is 267 g/mol. The van der Waals surface area contributed by atoms with E-state index in [9.17, 15) is 9.59 Å². The Balaban J connectivity index is 2.58. The fourth-order valence-corrected chi connectivity index (χ4v) is 1.87. The van der Waals surface area contributed by atoms with E-state index < -0.39 is 11.4 Å². The molecule has 1 N–H and O–H groups in total. The lowest BCUT2D eigenvalue weighted by atomic mass is 9.85. The van der Waals surface area contributed by atoms with Crippen LogP contribution in [-0.4, -0.2) is 38.5 Å². The number of imidazole rings is 1. The summed E-state index contributed by atoms with van der Waals surface area (Å²) in [6.07, 6.45) is 3.69. The number of carboxylic acid groups (broad SMARTS) is 1. The van der Waals surface area contributed by atoms with Crippen molar-refractivity contribution in [3.05, 3.63) is 18.2 Å². The van der Waals surface area contributed by atoms with Crippen molar-refractivity contribution >= 4 is 11.9 Å². The van der Waals surface area contributed by atoms with Gasteiger partial charge in [-0.25, -0.2) is 4.98 Å². The predicted octanol–water partition coefficient (Wildman–Crippen LogP) is 1.27. The molecule has 0 bridgehead atoms. The molecule has 0 aliphatic heterocycles. The maximum Gasteiger partial charge on any atom is 0.303 e. The summed E-state index contributed by atoms with van der Waals surface area (Å²) in [6.45, 7) is 3.99. The summed E-state index contributed by atoms with van der Waals surface area (Å²) in [7, 11) is 3.57. The molecule has 0 fully saturated rings. The molecule has 0 aliphatic rings. The third-order valence-electron chi connectivity index (χ3n) is 2.98. The van der Waals surface area contributed by atoms with Crippen LogP contribution in [0.2, 0.25) is 0 Å². The zero-order chi connectivity index (χ0) is 14.6. The second-order valence-corrected chi connectivity index (χ2v) is 5.62. The summed E-state index contributed by atoms with van der Waals surface area (Å²) >= 11 is 0. The van der Waals surface area contributed by atoms with Crippen LogP contribution >= 0.6 is 0 Å². The molecule has 1 aromatic heterocycles. The standard InChI is InChI=1S/C13H21N3O3/c1-13(2,8-12(18)19)7-11(17)16(4)9-10-14-5-6-15(10)3/h5-6H,7-9H2,1-4H3,(H,18,19). The smallest absolute Gasteiger partial charge is 0.303 e. The highest BCUT2D eigenvalue weighted by molar-refractivity contribution is 5.77. The first-order valence-electron chi connectivity index (χ1n) is 6.13. The van der Waals surface area contributed by atoms with E-state index in [0.717, 1.165) is 5.82 Å². The highest BCUT2D eigenvalue weighted by Gasteiger charge is 2.27. The van der Waals surface area contributed by atoms with E-state index in [1.54, 1.807) is 32.0 Å². The third kappa shape index (κ3) is 4.73. The molecule has 6 heteroatoms. The van der Waals surface area contributed by atoms with Gasteiger partial charge in [0.2, 0.25) is 5.91 Å². The largest absolute Gasteiger partial charge is 0.481 e. The zero-order valence-corrected chi connectivity index (χ0v) is 11.9. The number of aryl methyl sites for hydroxylation is 1. The molecule has 0 spiro atoms. The minimum absolute atomic E-state index is 0.0189. The van der Waals surface area contributed by atoms with E-state index >= 15 is 0 Å². The first-order valence-corrected chi connectivity index (χ1v) is 6.13. The van der Waals surface area contributed by atoms with Crippen molar-refractivity contribution in [3.63, 3.8) is 0 Å². The summed E-state index contributed by atoms with van der Waals surface area (Å²) in [5.74, 6) is -0.161. The average Bonchev–Trinajstić information content (AvgIpc) is 2.61. The maximum absolute atomic E-state index is 12.1. The molecular weight excluding hydrogens is 246 g/mol. The number of nitrogens with zero attached hydrogens (tertiary/aromatic N) is 3. The van der Waals surface area contributed by atoms with E-state index in [-0.39, 0.29) is 18.7 Å². The molecule has 0 saturated heterocycles. The molecule has 1 amide bonds. The first-order chi connectivity index (χ1) is 8.71. The fraction of sp³-hybridized carbons (Fsp3) is 0.615. The van der Waals surface area contributed by atoms with Crippen molar-refractivity contribution in [3.8, 4) is 0 Å². The lowest BCUT2D eigenvalue weighted by Crippen LogP contribution is -2.32. The highest BCUT2D eigenvalue weighted by Crippen LogP contribution is 2.25. The van der Waals surface area contributed by atoms with Gasteiger partial charge in [-0.3, -0.25) is 9.59 Å². The lowest BCUT2D eigenvalue weighted by Gasteiger charge is -2.25. The van der Waals surface area contributed by atoms with Crippen LogP contribution < -0.4 is 0 Å². The average molecular weight is 267 g/mol. The Morgan fingerprint density at radius 1 is 1.42 bits per heavy atom. The van der Waals surface area contributed by atoms with E-state index in [0.29, 0.717) is 6.54 Å². The molecule has 6 nitrogen and oxygen atoms in total. The van der Waals surface area contributed by atoms with Crippen LogP contribution in [-0.2, 0) is 23.2 Å². The van der Waals surface area contributed by atoms with Crippen LogP contribution in [0.5, 0.6) is 0 Å². The predicted molar refractivity (Wildman–Crippen MR) is 70.3 cm³/mol. The normalized spacial score (nSPS) is 11.4. The van der Waals surface area contributed by atoms with Crippen LogP contribution in [0, 0.1) is 5.41 Å². The van der Waals surface area contributed by atoms with Crippen LogP contribution in [0.25, 0.3) is 0 Å². The number of hydrogen-bond acceptors (Lipinski definition) is 3. The maximum atomic E-state index is 12.1. The molecule has 0 unspecified atom stereocenters. The molecule has 0 saturated carbocycles. The Morgan fingerprint density at radius 3 is 2.53 bits per heavy atom. The van der Waals surface area contributed by atoms with E-state index in [1.165, 1.54) is 0 Å². The van der Waals surface area contributed by atoms with Crippen molar-refractivity contribution in [2.75, 3.05) is 7.05 Å². The van der Waals surface area contributed by atoms with Crippen LogP contribution in [0.15, 0.2) is 12.4 Å². The van der Waals surface area contributed by atoms with Gasteiger partial charge in [0.05, 0.1) is 13.0 Å². The van der Waals surface area contributed by atoms with Gasteiger partial charge in [0.15, 0.2) is 0 Å². The van der Waals surface area contributed by atoms with Gasteiger partial charge in [-0.05, 0) is 5.41 Å². The number of rotatable bonds is 6. The van der Waals surface area contributed by atoms with Gasteiger partial charge < -0.3 is 14.6 Å². The van der Waals surface area contributed by atoms with Crippen molar-refractivity contribution in [1.82, 2.24) is 14.5 Å². The number of aliphatic carboxylic acids is 1. The first kappa shape index (κ1) is 15.2. The van der Waals surface area contributed by atoms with Gasteiger partial charge in [-0.15, -0.1) is 0 Å². The number of hydrogen-bond donors (Lipinski definition) is 1. The Morgan fingerprint density at radius 2 is 2.05 bits per heavy atom. The fourth-order valence-electron chi connectivity index (χ4n) is 1.87. The molecule has 1 rings (SSSR count). The van der Waals surface area contributed by atoms with Crippen molar-refractivity contribution in [2.45, 2.75) is 33.2 Å². The van der Waals surface area contributed by atoms with Crippen LogP contribution in [0.3, 0.4) is 0 Å². The van der Waals surface area contributed by atoms with Gasteiger partial charge >= 0.3 is 5.97 Å². The minimum Gasteiger partial charge on any atom is -0.481 e. The Kier molecular flexibility index (Phi) is 4.69. The number of aromatic nitrogens is 2. The SMILES string of the molecule is CN(Cc1nccn1C)C(=O)CC(C)(C)CC(=O)O. The van der Waals surface area contributed by atoms with Crippen LogP contribution in [0.4, 0.5) is 0 Å². The van der Waals surface area contributed by atoms with Gasteiger partial charge in [-0.2, -0.15) is 0 Å². The number of carbonyl (C=O) groups excluding carboxylic acids is 1. The molecule has 0 aliphatic carbocycles. The lowest BCUT2D eigenvalue weighted by molar-refractivity contribution is -0.140. The Hall–Kier alpha value is -1.85. The second kappa shape index (κ2) is 5.86. The molecule has 19 heavy (non-hydrogen) atoms. The summed E-state index contributed by atoms with van der Waals surface area (Å²) in [4.78, 5) is 28.5. The highest BCUT2D eigenvalue weighted by atomic mass is 16.4. The zero-order valence-electron chi connectivity index (χ0n) is 11.9. The molecule has 1 heterocycles. The Labute approximate surface area is 113 Å². The number of carbonyl (C=O) groups is 2. The third-order valence-corrected chi connectivity index (χ3v) is 2.98. The van der Waals surface area contributed by atoms with E-state index in [4.69, 9.17) is 5.11 Å². The van der Waals surface area contributed by atoms with Crippen molar-refractivity contribution < 1.29 is 14.7 Å². The minimum atomic E-state index is -0.885. The molecule has 0 aromatic carbocycles. The molecule has 106 valence electrons. The summed E-state index contributed by atoms with van der Waals surface area (Å²) in [6, 6.07) is 0. The molecule has 1 aromatic rings. The molecule has 0 atom stereocenters. The molecule has 0 radical (unpaired) electrons. The van der Waals surface area contributed by atoms with Gasteiger partial charge in [0.25, 0.3) is 0 Å². The summed E-state index contributed by atoms with van der Waals surface area (Å²) in [5.41, 5.74) is -0.543. The Bertz CT molecular complexity index is 465. The second-order valence-electron chi connectivity index (χ2n) is 5.62. The van der Waals surface area contributed by atoms with Gasteiger partial charge in [-0.1, -0.05) is 13.8 Å².